The maximum Gasteiger partial charge on any atom is 0.329 e. The van der Waals surface area contributed by atoms with Crippen molar-refractivity contribution < 1.29 is 19.4 Å². The van der Waals surface area contributed by atoms with E-state index in [-0.39, 0.29) is 6.61 Å². The number of carbonyl (C=O) groups excluding carboxylic acids is 1. The summed E-state index contributed by atoms with van der Waals surface area (Å²) < 4.78 is 8.08. The average molecular weight is 217 g/mol. The molecule has 0 saturated heterocycles. The SMILES string of the molecule is O=C(O)COCC(=O)Nc1cnns1. The average Bonchev–Trinajstić information content (AvgIpc) is 2.56. The van der Waals surface area contributed by atoms with Gasteiger partial charge < -0.3 is 15.2 Å². The molecule has 0 radical (unpaired) electrons. The molecule has 0 aromatic carbocycles. The van der Waals surface area contributed by atoms with E-state index in [0.717, 1.165) is 11.5 Å². The minimum absolute atomic E-state index is 0.301. The fraction of sp³-hybridized carbons (Fsp3) is 0.333. The molecular formula is C6H7N3O4S. The first-order valence-electron chi connectivity index (χ1n) is 3.55. The highest BCUT2D eigenvalue weighted by atomic mass is 32.1. The van der Waals surface area contributed by atoms with Crippen LogP contribution in [0.25, 0.3) is 0 Å². The van der Waals surface area contributed by atoms with Crippen LogP contribution in [-0.4, -0.2) is 39.8 Å². The summed E-state index contributed by atoms with van der Waals surface area (Å²) in [6, 6.07) is 0. The van der Waals surface area contributed by atoms with Gasteiger partial charge in [-0.2, -0.15) is 0 Å². The van der Waals surface area contributed by atoms with Crippen LogP contribution in [0.2, 0.25) is 0 Å². The van der Waals surface area contributed by atoms with Crippen LogP contribution in [-0.2, 0) is 14.3 Å². The summed E-state index contributed by atoms with van der Waals surface area (Å²) in [7, 11) is 0. The maximum absolute atomic E-state index is 11.0. The summed E-state index contributed by atoms with van der Waals surface area (Å²) in [6.07, 6.45) is 1.39. The molecule has 0 aliphatic heterocycles. The van der Waals surface area contributed by atoms with Gasteiger partial charge in [0.15, 0.2) is 0 Å². The zero-order chi connectivity index (χ0) is 10.4. The van der Waals surface area contributed by atoms with Crippen molar-refractivity contribution >= 4 is 28.4 Å². The fourth-order valence-corrected chi connectivity index (χ4v) is 1.06. The third-order valence-electron chi connectivity index (χ3n) is 1.08. The molecule has 1 aromatic rings. The number of rotatable bonds is 5. The van der Waals surface area contributed by atoms with Crippen molar-refractivity contribution in [2.45, 2.75) is 0 Å². The van der Waals surface area contributed by atoms with Gasteiger partial charge in [-0.3, -0.25) is 4.79 Å². The first-order valence-corrected chi connectivity index (χ1v) is 4.32. The van der Waals surface area contributed by atoms with Gasteiger partial charge >= 0.3 is 5.97 Å². The second-order valence-electron chi connectivity index (χ2n) is 2.22. The predicted molar refractivity (Wildman–Crippen MR) is 47.0 cm³/mol. The Morgan fingerprint density at radius 3 is 2.93 bits per heavy atom. The third-order valence-corrected chi connectivity index (χ3v) is 1.66. The Morgan fingerprint density at radius 1 is 1.57 bits per heavy atom. The zero-order valence-corrected chi connectivity index (χ0v) is 7.78. The smallest absolute Gasteiger partial charge is 0.329 e. The molecule has 1 rings (SSSR count). The van der Waals surface area contributed by atoms with Crippen LogP contribution in [0.15, 0.2) is 6.20 Å². The Bertz CT molecular complexity index is 313. The van der Waals surface area contributed by atoms with Crippen molar-refractivity contribution in [3.05, 3.63) is 6.20 Å². The maximum atomic E-state index is 11.0. The lowest BCUT2D eigenvalue weighted by Gasteiger charge is -2.00. The van der Waals surface area contributed by atoms with Gasteiger partial charge in [0.2, 0.25) is 0 Å². The summed E-state index contributed by atoms with van der Waals surface area (Å²) in [5, 5.41) is 14.6. The number of anilines is 1. The van der Waals surface area contributed by atoms with Crippen LogP contribution >= 0.6 is 11.5 Å². The fourth-order valence-electron chi connectivity index (χ4n) is 0.627. The van der Waals surface area contributed by atoms with E-state index in [1.807, 2.05) is 0 Å². The summed E-state index contributed by atoms with van der Waals surface area (Å²) in [6.45, 7) is -0.793. The third kappa shape index (κ3) is 3.92. The standard InChI is InChI=1S/C6H7N3O4S/c10-4(2-13-3-6(11)12)8-5-1-7-9-14-5/h1H,2-3H2,(H,8,10)(H,11,12). The molecule has 0 unspecified atom stereocenters. The molecule has 1 heterocycles. The van der Waals surface area contributed by atoms with Crippen LogP contribution in [0.5, 0.6) is 0 Å². The van der Waals surface area contributed by atoms with Crippen molar-refractivity contribution in [3.63, 3.8) is 0 Å². The highest BCUT2D eigenvalue weighted by Crippen LogP contribution is 2.08. The molecule has 1 amide bonds. The highest BCUT2D eigenvalue weighted by Gasteiger charge is 2.05. The van der Waals surface area contributed by atoms with Gasteiger partial charge in [-0.25, -0.2) is 4.79 Å². The lowest BCUT2D eigenvalue weighted by Crippen LogP contribution is -2.20. The van der Waals surface area contributed by atoms with Gasteiger partial charge in [-0.05, 0) is 0 Å². The molecule has 0 aliphatic carbocycles. The number of hydrogen-bond acceptors (Lipinski definition) is 6. The van der Waals surface area contributed by atoms with Gasteiger partial charge in [0, 0.05) is 11.5 Å². The van der Waals surface area contributed by atoms with Gasteiger partial charge in [0.05, 0.1) is 6.20 Å². The molecule has 2 N–H and O–H groups in total. The number of amides is 1. The van der Waals surface area contributed by atoms with Gasteiger partial charge in [0.1, 0.15) is 18.2 Å². The number of carboxylic acid groups (broad SMARTS) is 1. The highest BCUT2D eigenvalue weighted by molar-refractivity contribution is 7.10. The quantitative estimate of drug-likeness (QED) is 0.694. The second kappa shape index (κ2) is 5.25. The Morgan fingerprint density at radius 2 is 2.36 bits per heavy atom. The Balaban J connectivity index is 2.20. The molecule has 1 aromatic heterocycles. The molecule has 8 heteroatoms. The lowest BCUT2D eigenvalue weighted by atomic mass is 10.6. The minimum atomic E-state index is -1.11. The summed E-state index contributed by atoms with van der Waals surface area (Å²) in [5.41, 5.74) is 0. The lowest BCUT2D eigenvalue weighted by molar-refractivity contribution is -0.143. The number of hydrogen-bond donors (Lipinski definition) is 2. The molecule has 0 aliphatic rings. The molecule has 0 saturated carbocycles. The second-order valence-corrected chi connectivity index (χ2v) is 3.00. The van der Waals surface area contributed by atoms with E-state index in [1.54, 1.807) is 0 Å². The van der Waals surface area contributed by atoms with E-state index < -0.39 is 18.5 Å². The van der Waals surface area contributed by atoms with E-state index >= 15 is 0 Å². The van der Waals surface area contributed by atoms with Crippen LogP contribution < -0.4 is 5.32 Å². The minimum Gasteiger partial charge on any atom is -0.480 e. The monoisotopic (exact) mass is 217 g/mol. The first-order chi connectivity index (χ1) is 6.68. The summed E-state index contributed by atoms with van der Waals surface area (Å²) >= 11 is 1.03. The molecule has 0 spiro atoms. The Hall–Kier alpha value is -1.54. The topological polar surface area (TPSA) is 101 Å². The van der Waals surface area contributed by atoms with E-state index in [1.165, 1.54) is 6.20 Å². The predicted octanol–water partition coefficient (Wildman–Crippen LogP) is -0.422. The van der Waals surface area contributed by atoms with Crippen molar-refractivity contribution in [2.24, 2.45) is 0 Å². The largest absolute Gasteiger partial charge is 0.480 e. The molecule has 76 valence electrons. The molecule has 7 nitrogen and oxygen atoms in total. The van der Waals surface area contributed by atoms with Gasteiger partial charge in [-0.15, -0.1) is 5.10 Å². The summed E-state index contributed by atoms with van der Waals surface area (Å²) in [5.74, 6) is -1.55. The van der Waals surface area contributed by atoms with E-state index in [4.69, 9.17) is 5.11 Å². The van der Waals surface area contributed by atoms with E-state index in [0.29, 0.717) is 5.00 Å². The van der Waals surface area contributed by atoms with Gasteiger partial charge in [0.25, 0.3) is 5.91 Å². The molecular weight excluding hydrogens is 210 g/mol. The molecule has 0 bridgehead atoms. The number of aliphatic carboxylic acids is 1. The number of nitrogens with one attached hydrogen (secondary N) is 1. The molecule has 0 fully saturated rings. The van der Waals surface area contributed by atoms with Crippen LogP contribution in [0.4, 0.5) is 5.00 Å². The summed E-state index contributed by atoms with van der Waals surface area (Å²) in [4.78, 5) is 21.0. The van der Waals surface area contributed by atoms with Crippen LogP contribution in [0.3, 0.4) is 0 Å². The number of aromatic nitrogens is 2. The van der Waals surface area contributed by atoms with E-state index in [2.05, 4.69) is 19.6 Å². The van der Waals surface area contributed by atoms with Crippen molar-refractivity contribution in [2.75, 3.05) is 18.5 Å². The van der Waals surface area contributed by atoms with Crippen molar-refractivity contribution in [3.8, 4) is 0 Å². The molecule has 0 atom stereocenters. The normalized spacial score (nSPS) is 9.71. The van der Waals surface area contributed by atoms with Crippen LogP contribution in [0.1, 0.15) is 0 Å². The van der Waals surface area contributed by atoms with E-state index in [9.17, 15) is 9.59 Å². The van der Waals surface area contributed by atoms with Crippen molar-refractivity contribution in [1.82, 2.24) is 9.59 Å². The Labute approximate surface area is 82.9 Å². The number of carboxylic acids is 1. The number of ether oxygens (including phenoxy) is 1. The zero-order valence-electron chi connectivity index (χ0n) is 6.97. The first kappa shape index (κ1) is 10.5. The Kier molecular flexibility index (Phi) is 3.95. The van der Waals surface area contributed by atoms with Gasteiger partial charge in [-0.1, -0.05) is 4.49 Å². The number of carbonyl (C=O) groups is 2. The number of nitrogens with zero attached hydrogens (tertiary/aromatic N) is 2. The molecule has 14 heavy (non-hydrogen) atoms. The van der Waals surface area contributed by atoms with Crippen molar-refractivity contribution in [1.29, 1.82) is 0 Å². The van der Waals surface area contributed by atoms with Crippen LogP contribution in [0, 0.1) is 0 Å².